The van der Waals surface area contributed by atoms with Crippen molar-refractivity contribution in [3.8, 4) is 0 Å². The molecule has 4 heteroatoms. The smallest absolute Gasteiger partial charge is 0.137 e. The molecule has 0 aliphatic rings. The minimum absolute atomic E-state index is 0.0985. The Balaban J connectivity index is 1.95. The predicted molar refractivity (Wildman–Crippen MR) is 72.2 cm³/mol. The molecule has 0 radical (unpaired) electrons. The number of benzene rings is 1. The lowest BCUT2D eigenvalue weighted by Crippen LogP contribution is -2.05. The molecule has 1 heterocycles. The SMILES string of the molecule is O=C(CCc1ccco1)Cc1c(Cl)cccc1Cl. The van der Waals surface area contributed by atoms with Gasteiger partial charge < -0.3 is 4.42 Å². The predicted octanol–water partition coefficient (Wildman–Crippen LogP) is 4.33. The summed E-state index contributed by atoms with van der Waals surface area (Å²) in [6.07, 6.45) is 2.90. The molecule has 1 aromatic heterocycles. The summed E-state index contributed by atoms with van der Waals surface area (Å²) in [4.78, 5) is 11.9. The van der Waals surface area contributed by atoms with E-state index in [0.717, 1.165) is 5.76 Å². The molecule has 2 rings (SSSR count). The van der Waals surface area contributed by atoms with Crippen molar-refractivity contribution in [1.29, 1.82) is 0 Å². The molecule has 18 heavy (non-hydrogen) atoms. The summed E-state index contributed by atoms with van der Waals surface area (Å²) in [6.45, 7) is 0. The third-order valence-corrected chi connectivity index (χ3v) is 3.37. The van der Waals surface area contributed by atoms with Crippen LogP contribution < -0.4 is 0 Å². The summed E-state index contributed by atoms with van der Waals surface area (Å²) in [5, 5.41) is 1.07. The number of furan rings is 1. The molecule has 0 atom stereocenters. The first-order valence-electron chi connectivity index (χ1n) is 5.64. The first kappa shape index (κ1) is 13.2. The molecule has 0 amide bonds. The van der Waals surface area contributed by atoms with Crippen LogP contribution in [0.4, 0.5) is 0 Å². The third kappa shape index (κ3) is 3.37. The zero-order valence-corrected chi connectivity index (χ0v) is 11.2. The lowest BCUT2D eigenvalue weighted by molar-refractivity contribution is -0.118. The van der Waals surface area contributed by atoms with E-state index >= 15 is 0 Å². The van der Waals surface area contributed by atoms with Crippen LogP contribution in [0.5, 0.6) is 0 Å². The number of rotatable bonds is 5. The van der Waals surface area contributed by atoms with Gasteiger partial charge in [0.05, 0.1) is 6.26 Å². The average Bonchev–Trinajstić information content (AvgIpc) is 2.84. The second-order valence-electron chi connectivity index (χ2n) is 4.00. The number of hydrogen-bond acceptors (Lipinski definition) is 2. The summed E-state index contributed by atoms with van der Waals surface area (Å²) in [7, 11) is 0. The quantitative estimate of drug-likeness (QED) is 0.817. The summed E-state index contributed by atoms with van der Waals surface area (Å²) in [5.74, 6) is 0.912. The van der Waals surface area contributed by atoms with Crippen molar-refractivity contribution < 1.29 is 9.21 Å². The molecule has 0 bridgehead atoms. The molecule has 2 nitrogen and oxygen atoms in total. The van der Waals surface area contributed by atoms with E-state index in [4.69, 9.17) is 27.6 Å². The van der Waals surface area contributed by atoms with Crippen molar-refractivity contribution in [2.75, 3.05) is 0 Å². The molecule has 0 spiro atoms. The van der Waals surface area contributed by atoms with Gasteiger partial charge in [0.1, 0.15) is 11.5 Å². The first-order valence-corrected chi connectivity index (χ1v) is 6.39. The number of Topliss-reactive ketones (excluding diaryl/α,β-unsaturated/α-hetero) is 1. The molecule has 0 aliphatic carbocycles. The van der Waals surface area contributed by atoms with Crippen molar-refractivity contribution in [3.05, 3.63) is 58.0 Å². The lowest BCUT2D eigenvalue weighted by atomic mass is 10.0. The third-order valence-electron chi connectivity index (χ3n) is 2.67. The van der Waals surface area contributed by atoms with Crippen LogP contribution in [0.3, 0.4) is 0 Å². The zero-order chi connectivity index (χ0) is 13.0. The molecule has 0 unspecified atom stereocenters. The standard InChI is InChI=1S/C14H12Cl2O2/c15-13-4-1-5-14(16)12(13)9-10(17)6-7-11-3-2-8-18-11/h1-5,8H,6-7,9H2. The van der Waals surface area contributed by atoms with E-state index in [1.807, 2.05) is 12.1 Å². The Morgan fingerprint density at radius 3 is 2.44 bits per heavy atom. The fourth-order valence-corrected chi connectivity index (χ4v) is 2.24. The highest BCUT2D eigenvalue weighted by molar-refractivity contribution is 6.36. The topological polar surface area (TPSA) is 30.2 Å². The molecule has 1 aromatic carbocycles. The van der Waals surface area contributed by atoms with Crippen molar-refractivity contribution in [2.24, 2.45) is 0 Å². The van der Waals surface area contributed by atoms with Crippen LogP contribution in [0.15, 0.2) is 41.0 Å². The fourth-order valence-electron chi connectivity index (χ4n) is 1.70. The maximum absolute atomic E-state index is 11.9. The van der Waals surface area contributed by atoms with Gasteiger partial charge in [0, 0.05) is 29.3 Å². The van der Waals surface area contributed by atoms with Crippen LogP contribution in [0.1, 0.15) is 17.7 Å². The molecular weight excluding hydrogens is 271 g/mol. The molecule has 0 N–H and O–H groups in total. The zero-order valence-electron chi connectivity index (χ0n) is 9.66. The molecule has 2 aromatic rings. The van der Waals surface area contributed by atoms with E-state index in [-0.39, 0.29) is 12.2 Å². The summed E-state index contributed by atoms with van der Waals surface area (Å²) >= 11 is 12.0. The molecule has 0 aliphatic heterocycles. The Morgan fingerprint density at radius 1 is 1.11 bits per heavy atom. The van der Waals surface area contributed by atoms with Crippen LogP contribution in [0, 0.1) is 0 Å². The minimum atomic E-state index is 0.0985. The van der Waals surface area contributed by atoms with Gasteiger partial charge in [-0.2, -0.15) is 0 Å². The van der Waals surface area contributed by atoms with Crippen molar-refractivity contribution in [1.82, 2.24) is 0 Å². The monoisotopic (exact) mass is 282 g/mol. The highest BCUT2D eigenvalue weighted by atomic mass is 35.5. The second kappa shape index (κ2) is 6.07. The summed E-state index contributed by atoms with van der Waals surface area (Å²) in [5.41, 5.74) is 0.699. The van der Waals surface area contributed by atoms with Gasteiger partial charge in [-0.25, -0.2) is 0 Å². The number of aryl methyl sites for hydroxylation is 1. The Morgan fingerprint density at radius 2 is 1.83 bits per heavy atom. The van der Waals surface area contributed by atoms with Crippen molar-refractivity contribution in [3.63, 3.8) is 0 Å². The van der Waals surface area contributed by atoms with Crippen LogP contribution in [0.2, 0.25) is 10.0 Å². The Labute approximate surface area is 116 Å². The average molecular weight is 283 g/mol. The highest BCUT2D eigenvalue weighted by Gasteiger charge is 2.11. The van der Waals surface area contributed by atoms with Gasteiger partial charge in [0.25, 0.3) is 0 Å². The second-order valence-corrected chi connectivity index (χ2v) is 4.81. The largest absolute Gasteiger partial charge is 0.469 e. The Bertz CT molecular complexity index is 512. The maximum Gasteiger partial charge on any atom is 0.137 e. The van der Waals surface area contributed by atoms with Gasteiger partial charge >= 0.3 is 0 Å². The summed E-state index contributed by atoms with van der Waals surface area (Å²) in [6, 6.07) is 8.91. The molecule has 0 saturated carbocycles. The number of ketones is 1. The van der Waals surface area contributed by atoms with Crippen LogP contribution >= 0.6 is 23.2 Å². The van der Waals surface area contributed by atoms with Crippen LogP contribution in [0.25, 0.3) is 0 Å². The lowest BCUT2D eigenvalue weighted by Gasteiger charge is -2.05. The van der Waals surface area contributed by atoms with E-state index in [1.54, 1.807) is 24.5 Å². The van der Waals surface area contributed by atoms with E-state index in [0.29, 0.717) is 28.5 Å². The Hall–Kier alpha value is -1.25. The number of halogens is 2. The molecule has 94 valence electrons. The number of hydrogen-bond donors (Lipinski definition) is 0. The van der Waals surface area contributed by atoms with Gasteiger partial charge in [-0.05, 0) is 29.8 Å². The van der Waals surface area contributed by atoms with Crippen LogP contribution in [-0.2, 0) is 17.6 Å². The Kier molecular flexibility index (Phi) is 4.45. The van der Waals surface area contributed by atoms with Crippen molar-refractivity contribution in [2.45, 2.75) is 19.3 Å². The van der Waals surface area contributed by atoms with E-state index in [1.165, 1.54) is 0 Å². The molecular formula is C14H12Cl2O2. The molecule has 0 saturated heterocycles. The van der Waals surface area contributed by atoms with E-state index in [9.17, 15) is 4.79 Å². The minimum Gasteiger partial charge on any atom is -0.469 e. The fraction of sp³-hybridized carbons (Fsp3) is 0.214. The molecule has 0 fully saturated rings. The first-order chi connectivity index (χ1) is 8.66. The maximum atomic E-state index is 11.9. The summed E-state index contributed by atoms with van der Waals surface area (Å²) < 4.78 is 5.18. The van der Waals surface area contributed by atoms with E-state index < -0.39 is 0 Å². The number of carbonyl (C=O) groups is 1. The van der Waals surface area contributed by atoms with E-state index in [2.05, 4.69) is 0 Å². The van der Waals surface area contributed by atoms with Gasteiger partial charge in [0.2, 0.25) is 0 Å². The van der Waals surface area contributed by atoms with Crippen LogP contribution in [-0.4, -0.2) is 5.78 Å². The van der Waals surface area contributed by atoms with Gasteiger partial charge in [0.15, 0.2) is 0 Å². The van der Waals surface area contributed by atoms with Gasteiger partial charge in [-0.15, -0.1) is 0 Å². The number of carbonyl (C=O) groups excluding carboxylic acids is 1. The normalized spacial score (nSPS) is 10.6. The van der Waals surface area contributed by atoms with Gasteiger partial charge in [-0.1, -0.05) is 29.3 Å². The van der Waals surface area contributed by atoms with Crippen molar-refractivity contribution >= 4 is 29.0 Å². The highest BCUT2D eigenvalue weighted by Crippen LogP contribution is 2.25. The van der Waals surface area contributed by atoms with Gasteiger partial charge in [-0.3, -0.25) is 4.79 Å².